The van der Waals surface area contributed by atoms with Crippen LogP contribution in [-0.2, 0) is 0 Å². The van der Waals surface area contributed by atoms with Crippen LogP contribution in [0.1, 0.15) is 39.5 Å². The van der Waals surface area contributed by atoms with Gasteiger partial charge in [0.25, 0.3) is 0 Å². The molecule has 1 aliphatic heterocycles. The molecule has 1 aliphatic carbocycles. The predicted molar refractivity (Wildman–Crippen MR) is 52.1 cm³/mol. The van der Waals surface area contributed by atoms with Gasteiger partial charge in [-0.15, -0.1) is 0 Å². The summed E-state index contributed by atoms with van der Waals surface area (Å²) in [6, 6.07) is 0. The second-order valence-corrected chi connectivity index (χ2v) is 5.33. The van der Waals surface area contributed by atoms with Crippen molar-refractivity contribution < 1.29 is 0 Å². The summed E-state index contributed by atoms with van der Waals surface area (Å²) in [5, 5.41) is 3.36. The number of rotatable bonds is 4. The van der Waals surface area contributed by atoms with Crippen molar-refractivity contribution >= 4 is 0 Å². The molecule has 1 heterocycles. The second-order valence-electron chi connectivity index (χ2n) is 5.33. The van der Waals surface area contributed by atoms with Gasteiger partial charge in [0.15, 0.2) is 0 Å². The molecule has 0 aromatic rings. The van der Waals surface area contributed by atoms with Gasteiger partial charge >= 0.3 is 0 Å². The molecular weight excluding hydrogens is 146 g/mol. The predicted octanol–water partition coefficient (Wildman–Crippen LogP) is 2.42. The molecule has 2 fully saturated rings. The lowest BCUT2D eigenvalue weighted by molar-refractivity contribution is 0.238. The molecule has 0 radical (unpaired) electrons. The topological polar surface area (TPSA) is 12.0 Å². The Kier molecular flexibility index (Phi) is 2.16. The molecule has 0 unspecified atom stereocenters. The van der Waals surface area contributed by atoms with E-state index in [1.807, 2.05) is 0 Å². The highest BCUT2D eigenvalue weighted by Gasteiger charge is 2.44. The number of hydrogen-bond acceptors (Lipinski definition) is 1. The van der Waals surface area contributed by atoms with Gasteiger partial charge in [-0.3, -0.25) is 0 Å². The van der Waals surface area contributed by atoms with Gasteiger partial charge in [-0.05, 0) is 56.0 Å². The average Bonchev–Trinajstić information content (AvgIpc) is 2.60. The Morgan fingerprint density at radius 2 is 2.00 bits per heavy atom. The first-order valence-corrected chi connectivity index (χ1v) is 5.41. The van der Waals surface area contributed by atoms with Crippen molar-refractivity contribution in [2.24, 2.45) is 17.3 Å². The minimum Gasteiger partial charge on any atom is -0.316 e. The fourth-order valence-corrected chi connectivity index (χ4v) is 2.64. The minimum atomic E-state index is 0.806. The van der Waals surface area contributed by atoms with E-state index in [1.54, 1.807) is 0 Å². The van der Waals surface area contributed by atoms with Gasteiger partial charge in [-0.1, -0.05) is 13.8 Å². The first-order valence-electron chi connectivity index (χ1n) is 5.41. The Bertz CT molecular complexity index is 154. The number of hydrogen-bond donors (Lipinski definition) is 1. The molecule has 1 heteroatoms. The van der Waals surface area contributed by atoms with E-state index in [2.05, 4.69) is 19.2 Å². The molecule has 0 bridgehead atoms. The van der Waals surface area contributed by atoms with Crippen LogP contribution < -0.4 is 5.32 Å². The van der Waals surface area contributed by atoms with Crippen molar-refractivity contribution in [2.45, 2.75) is 39.5 Å². The zero-order chi connectivity index (χ0) is 8.60. The van der Waals surface area contributed by atoms with Gasteiger partial charge in [0, 0.05) is 0 Å². The van der Waals surface area contributed by atoms with Crippen molar-refractivity contribution in [1.82, 2.24) is 5.32 Å². The van der Waals surface area contributed by atoms with E-state index in [9.17, 15) is 0 Å². The third-order valence-corrected chi connectivity index (χ3v) is 3.39. The molecule has 1 nitrogen and oxygen atoms in total. The molecule has 0 aromatic heterocycles. The fourth-order valence-electron chi connectivity index (χ4n) is 2.64. The third-order valence-electron chi connectivity index (χ3n) is 3.39. The molecule has 2 aliphatic rings. The third kappa shape index (κ3) is 1.82. The van der Waals surface area contributed by atoms with Gasteiger partial charge in [0.2, 0.25) is 0 Å². The highest BCUT2D eigenvalue weighted by Crippen LogP contribution is 2.55. The monoisotopic (exact) mass is 167 g/mol. The van der Waals surface area contributed by atoms with Crippen LogP contribution in [0.3, 0.4) is 0 Å². The Morgan fingerprint density at radius 1 is 1.33 bits per heavy atom. The van der Waals surface area contributed by atoms with E-state index in [-0.39, 0.29) is 0 Å². The van der Waals surface area contributed by atoms with E-state index in [4.69, 9.17) is 0 Å². The van der Waals surface area contributed by atoms with E-state index >= 15 is 0 Å². The summed E-state index contributed by atoms with van der Waals surface area (Å²) < 4.78 is 0. The van der Waals surface area contributed by atoms with Crippen LogP contribution in [0, 0.1) is 17.3 Å². The largest absolute Gasteiger partial charge is 0.316 e. The standard InChI is InChI=1S/C11H21N/c1-9(2)5-11(3-4-11)6-10-7-12-8-10/h9-10,12H,3-8H2,1-2H3. The van der Waals surface area contributed by atoms with Crippen LogP contribution >= 0.6 is 0 Å². The van der Waals surface area contributed by atoms with Crippen LogP contribution in [-0.4, -0.2) is 13.1 Å². The highest BCUT2D eigenvalue weighted by atomic mass is 14.9. The Balaban J connectivity index is 1.76. The van der Waals surface area contributed by atoms with E-state index in [0.717, 1.165) is 17.3 Å². The molecule has 12 heavy (non-hydrogen) atoms. The van der Waals surface area contributed by atoms with E-state index in [1.165, 1.54) is 38.8 Å². The van der Waals surface area contributed by atoms with Crippen LogP contribution in [0.2, 0.25) is 0 Å². The maximum absolute atomic E-state index is 3.36. The Morgan fingerprint density at radius 3 is 2.33 bits per heavy atom. The summed E-state index contributed by atoms with van der Waals surface area (Å²) >= 11 is 0. The summed E-state index contributed by atoms with van der Waals surface area (Å²) in [7, 11) is 0. The Labute approximate surface area is 75.9 Å². The fraction of sp³-hybridized carbons (Fsp3) is 1.00. The maximum atomic E-state index is 3.36. The second kappa shape index (κ2) is 3.02. The smallest absolute Gasteiger partial charge is 0.000805 e. The summed E-state index contributed by atoms with van der Waals surface area (Å²) in [5.74, 6) is 1.92. The molecule has 0 amide bonds. The molecule has 1 saturated carbocycles. The van der Waals surface area contributed by atoms with Crippen molar-refractivity contribution in [2.75, 3.05) is 13.1 Å². The number of nitrogens with one attached hydrogen (secondary N) is 1. The average molecular weight is 167 g/mol. The first-order chi connectivity index (χ1) is 5.70. The molecule has 2 rings (SSSR count). The van der Waals surface area contributed by atoms with Crippen LogP contribution in [0.25, 0.3) is 0 Å². The summed E-state index contributed by atoms with van der Waals surface area (Å²) in [5.41, 5.74) is 0.806. The normalized spacial score (nSPS) is 27.2. The molecule has 0 atom stereocenters. The van der Waals surface area contributed by atoms with E-state index in [0.29, 0.717) is 0 Å². The van der Waals surface area contributed by atoms with E-state index < -0.39 is 0 Å². The van der Waals surface area contributed by atoms with Gasteiger partial charge < -0.3 is 5.32 Å². The lowest BCUT2D eigenvalue weighted by atomic mass is 9.83. The van der Waals surface area contributed by atoms with Crippen molar-refractivity contribution in [3.8, 4) is 0 Å². The van der Waals surface area contributed by atoms with Gasteiger partial charge in [0.1, 0.15) is 0 Å². The highest BCUT2D eigenvalue weighted by molar-refractivity contribution is 4.97. The van der Waals surface area contributed by atoms with Crippen LogP contribution in [0.5, 0.6) is 0 Å². The molecule has 70 valence electrons. The lowest BCUT2D eigenvalue weighted by Crippen LogP contribution is -2.43. The van der Waals surface area contributed by atoms with Gasteiger partial charge in [-0.25, -0.2) is 0 Å². The zero-order valence-electron chi connectivity index (χ0n) is 8.40. The van der Waals surface area contributed by atoms with Gasteiger partial charge in [0.05, 0.1) is 0 Å². The van der Waals surface area contributed by atoms with Crippen molar-refractivity contribution in [1.29, 1.82) is 0 Å². The summed E-state index contributed by atoms with van der Waals surface area (Å²) in [4.78, 5) is 0. The molecular formula is C11H21N. The minimum absolute atomic E-state index is 0.806. The maximum Gasteiger partial charge on any atom is -0.000805 e. The summed E-state index contributed by atoms with van der Waals surface area (Å²) in [6.07, 6.45) is 6.02. The zero-order valence-corrected chi connectivity index (χ0v) is 8.40. The SMILES string of the molecule is CC(C)CC1(CC2CNC2)CC1. The quantitative estimate of drug-likeness (QED) is 0.678. The molecule has 1 N–H and O–H groups in total. The first kappa shape index (κ1) is 8.55. The molecule has 1 saturated heterocycles. The lowest BCUT2D eigenvalue weighted by Gasteiger charge is -2.31. The van der Waals surface area contributed by atoms with Crippen LogP contribution in [0.15, 0.2) is 0 Å². The van der Waals surface area contributed by atoms with Crippen molar-refractivity contribution in [3.63, 3.8) is 0 Å². The van der Waals surface area contributed by atoms with Crippen LogP contribution in [0.4, 0.5) is 0 Å². The summed E-state index contributed by atoms with van der Waals surface area (Å²) in [6.45, 7) is 7.30. The van der Waals surface area contributed by atoms with Gasteiger partial charge in [-0.2, -0.15) is 0 Å². The molecule has 0 spiro atoms. The molecule has 0 aromatic carbocycles. The Hall–Kier alpha value is -0.0400. The van der Waals surface area contributed by atoms with Crippen molar-refractivity contribution in [3.05, 3.63) is 0 Å².